The molecule has 0 radical (unpaired) electrons. The van der Waals surface area contributed by atoms with E-state index < -0.39 is 0 Å². The molecular weight excluding hydrogens is 228 g/mol. The van der Waals surface area contributed by atoms with Crippen LogP contribution in [0.3, 0.4) is 0 Å². The zero-order valence-electron chi connectivity index (χ0n) is 9.41. The molecule has 0 amide bonds. The van der Waals surface area contributed by atoms with E-state index in [2.05, 4.69) is 30.5 Å². The Labute approximate surface area is 103 Å². The van der Waals surface area contributed by atoms with Crippen LogP contribution in [-0.2, 0) is 0 Å². The third-order valence-electron chi connectivity index (χ3n) is 2.40. The molecule has 0 spiro atoms. The Morgan fingerprint density at radius 2 is 2.00 bits per heavy atom. The van der Waals surface area contributed by atoms with E-state index in [1.165, 1.54) is 6.33 Å². The molecule has 88 valence electrons. The molecule has 0 aliphatic rings. The molecule has 0 aliphatic heterocycles. The Balaban J connectivity index is 1.81. The van der Waals surface area contributed by atoms with Crippen LogP contribution in [0.1, 0.15) is 5.56 Å². The molecule has 0 saturated heterocycles. The first-order valence-corrected chi connectivity index (χ1v) is 5.42. The van der Waals surface area contributed by atoms with Gasteiger partial charge in [0.25, 0.3) is 0 Å². The predicted molar refractivity (Wildman–Crippen MR) is 69.3 cm³/mol. The molecule has 0 unspecified atom stereocenters. The van der Waals surface area contributed by atoms with E-state index >= 15 is 0 Å². The topological polar surface area (TPSA) is 78.9 Å². The van der Waals surface area contributed by atoms with Crippen LogP contribution in [0.15, 0.2) is 48.1 Å². The number of hydrogen-bond donors (Lipinski definition) is 2. The molecule has 18 heavy (non-hydrogen) atoms. The zero-order chi connectivity index (χ0) is 12.2. The Kier molecular flexibility index (Phi) is 2.67. The van der Waals surface area contributed by atoms with Crippen molar-refractivity contribution < 1.29 is 0 Å². The van der Waals surface area contributed by atoms with Gasteiger partial charge in [0.05, 0.1) is 12.5 Å². The van der Waals surface area contributed by atoms with Crippen LogP contribution in [0.2, 0.25) is 0 Å². The van der Waals surface area contributed by atoms with Gasteiger partial charge in [-0.05, 0) is 5.56 Å². The quantitative estimate of drug-likeness (QED) is 0.538. The molecule has 6 heteroatoms. The largest absolute Gasteiger partial charge is 0.329 e. The number of aromatic nitrogens is 4. The Bertz CT molecular complexity index is 673. The van der Waals surface area contributed by atoms with Gasteiger partial charge in [-0.3, -0.25) is 5.43 Å². The van der Waals surface area contributed by atoms with E-state index in [4.69, 9.17) is 0 Å². The SMILES string of the molecule is C(=NNc1ncnc2[nH]cnc12)c1ccccc1. The van der Waals surface area contributed by atoms with Crippen molar-refractivity contribution in [2.24, 2.45) is 5.10 Å². The van der Waals surface area contributed by atoms with Crippen LogP contribution >= 0.6 is 0 Å². The van der Waals surface area contributed by atoms with Crippen molar-refractivity contribution in [3.8, 4) is 0 Å². The highest BCUT2D eigenvalue weighted by molar-refractivity contribution is 5.84. The molecule has 0 bridgehead atoms. The summed E-state index contributed by atoms with van der Waals surface area (Å²) in [7, 11) is 0. The third kappa shape index (κ3) is 2.03. The lowest BCUT2D eigenvalue weighted by atomic mass is 10.2. The average molecular weight is 238 g/mol. The van der Waals surface area contributed by atoms with E-state index in [0.29, 0.717) is 17.0 Å². The number of nitrogens with zero attached hydrogens (tertiary/aromatic N) is 4. The van der Waals surface area contributed by atoms with Gasteiger partial charge in [-0.2, -0.15) is 5.10 Å². The van der Waals surface area contributed by atoms with Crippen molar-refractivity contribution in [2.45, 2.75) is 0 Å². The molecule has 0 saturated carbocycles. The number of hydrogen-bond acceptors (Lipinski definition) is 5. The Hall–Kier alpha value is -2.76. The summed E-state index contributed by atoms with van der Waals surface area (Å²) in [4.78, 5) is 15.2. The van der Waals surface area contributed by atoms with E-state index in [1.54, 1.807) is 12.5 Å². The summed E-state index contributed by atoms with van der Waals surface area (Å²) in [6.45, 7) is 0. The van der Waals surface area contributed by atoms with Crippen molar-refractivity contribution in [1.29, 1.82) is 0 Å². The summed E-state index contributed by atoms with van der Waals surface area (Å²) >= 11 is 0. The lowest BCUT2D eigenvalue weighted by Gasteiger charge is -1.98. The van der Waals surface area contributed by atoms with Crippen molar-refractivity contribution in [3.63, 3.8) is 0 Å². The summed E-state index contributed by atoms with van der Waals surface area (Å²) in [5.74, 6) is 0.577. The van der Waals surface area contributed by atoms with Crippen LogP contribution in [0.5, 0.6) is 0 Å². The molecule has 2 aromatic heterocycles. The first-order valence-electron chi connectivity index (χ1n) is 5.42. The Morgan fingerprint density at radius 3 is 2.89 bits per heavy atom. The van der Waals surface area contributed by atoms with Gasteiger partial charge in [-0.1, -0.05) is 30.3 Å². The van der Waals surface area contributed by atoms with Crippen molar-refractivity contribution >= 4 is 23.2 Å². The maximum Gasteiger partial charge on any atom is 0.177 e. The Morgan fingerprint density at radius 1 is 1.11 bits per heavy atom. The van der Waals surface area contributed by atoms with Gasteiger partial charge < -0.3 is 4.98 Å². The highest BCUT2D eigenvalue weighted by Gasteiger charge is 2.03. The first kappa shape index (κ1) is 10.4. The third-order valence-corrected chi connectivity index (χ3v) is 2.40. The van der Waals surface area contributed by atoms with Crippen LogP contribution < -0.4 is 5.43 Å². The molecule has 0 aliphatic carbocycles. The summed E-state index contributed by atoms with van der Waals surface area (Å²) in [6.07, 6.45) is 4.76. The van der Waals surface area contributed by atoms with E-state index in [-0.39, 0.29) is 0 Å². The monoisotopic (exact) mass is 238 g/mol. The summed E-state index contributed by atoms with van der Waals surface area (Å²) < 4.78 is 0. The molecule has 1 aromatic carbocycles. The van der Waals surface area contributed by atoms with Gasteiger partial charge in [-0.15, -0.1) is 0 Å². The van der Waals surface area contributed by atoms with Crippen molar-refractivity contribution in [1.82, 2.24) is 19.9 Å². The first-order chi connectivity index (χ1) is 8.93. The molecule has 2 heterocycles. The van der Waals surface area contributed by atoms with Crippen molar-refractivity contribution in [3.05, 3.63) is 48.5 Å². The molecular formula is C12H10N6. The number of benzene rings is 1. The summed E-state index contributed by atoms with van der Waals surface area (Å²) in [5.41, 5.74) is 5.22. The van der Waals surface area contributed by atoms with Gasteiger partial charge in [0.15, 0.2) is 17.0 Å². The van der Waals surface area contributed by atoms with Gasteiger partial charge >= 0.3 is 0 Å². The molecule has 3 aromatic rings. The fraction of sp³-hybridized carbons (Fsp3) is 0. The van der Waals surface area contributed by atoms with Gasteiger partial charge in [0.1, 0.15) is 6.33 Å². The number of imidazole rings is 1. The van der Waals surface area contributed by atoms with E-state index in [1.807, 2.05) is 30.3 Å². The van der Waals surface area contributed by atoms with Crippen LogP contribution in [0.25, 0.3) is 11.2 Å². The van der Waals surface area contributed by atoms with Gasteiger partial charge in [-0.25, -0.2) is 15.0 Å². The zero-order valence-corrected chi connectivity index (χ0v) is 9.41. The van der Waals surface area contributed by atoms with Crippen LogP contribution in [0, 0.1) is 0 Å². The lowest BCUT2D eigenvalue weighted by Crippen LogP contribution is -1.95. The number of anilines is 1. The molecule has 0 fully saturated rings. The number of H-pyrrole nitrogens is 1. The molecule has 0 atom stereocenters. The maximum absolute atomic E-state index is 4.13. The van der Waals surface area contributed by atoms with Gasteiger partial charge in [0.2, 0.25) is 0 Å². The minimum atomic E-state index is 0.577. The average Bonchev–Trinajstić information content (AvgIpc) is 2.89. The van der Waals surface area contributed by atoms with Crippen molar-refractivity contribution in [2.75, 3.05) is 5.43 Å². The van der Waals surface area contributed by atoms with E-state index in [0.717, 1.165) is 5.56 Å². The highest BCUT2D eigenvalue weighted by atomic mass is 15.3. The minimum Gasteiger partial charge on any atom is -0.329 e. The number of hydrazone groups is 1. The maximum atomic E-state index is 4.13. The number of rotatable bonds is 3. The normalized spacial score (nSPS) is 11.1. The summed E-state index contributed by atoms with van der Waals surface area (Å²) in [6, 6.07) is 9.81. The standard InChI is InChI=1S/C12H10N6/c1-2-4-9(5-3-1)6-17-18-12-10-11(14-7-13-10)15-8-16-12/h1-8H,(H2,13,14,15,16,18). The smallest absolute Gasteiger partial charge is 0.177 e. The second-order valence-corrected chi connectivity index (χ2v) is 3.60. The summed E-state index contributed by atoms with van der Waals surface area (Å²) in [5, 5.41) is 4.12. The predicted octanol–water partition coefficient (Wildman–Crippen LogP) is 1.80. The number of fused-ring (bicyclic) bond motifs is 1. The lowest BCUT2D eigenvalue weighted by molar-refractivity contribution is 1.17. The fourth-order valence-corrected chi connectivity index (χ4v) is 1.55. The fourth-order valence-electron chi connectivity index (χ4n) is 1.55. The van der Waals surface area contributed by atoms with E-state index in [9.17, 15) is 0 Å². The second kappa shape index (κ2) is 4.62. The van der Waals surface area contributed by atoms with Gasteiger partial charge in [0, 0.05) is 0 Å². The minimum absolute atomic E-state index is 0.577. The molecule has 2 N–H and O–H groups in total. The molecule has 6 nitrogen and oxygen atoms in total. The van der Waals surface area contributed by atoms with Crippen LogP contribution in [0.4, 0.5) is 5.82 Å². The molecule has 3 rings (SSSR count). The van der Waals surface area contributed by atoms with Crippen LogP contribution in [-0.4, -0.2) is 26.2 Å². The second-order valence-electron chi connectivity index (χ2n) is 3.60. The number of aromatic amines is 1. The highest BCUT2D eigenvalue weighted by Crippen LogP contribution is 2.13. The number of nitrogens with one attached hydrogen (secondary N) is 2.